The highest BCUT2D eigenvalue weighted by atomic mass is 32.2. The molecule has 1 aliphatic rings. The molecule has 128 valence electrons. The summed E-state index contributed by atoms with van der Waals surface area (Å²) in [7, 11) is 0. The molecule has 0 N–H and O–H groups in total. The van der Waals surface area contributed by atoms with Crippen LogP contribution in [0.4, 0.5) is 5.69 Å². The molecular formula is C18H14NO4S2-. The number of carboxylic acid groups (broad SMARTS) is 1. The number of thioether (sulfide) groups is 2. The Bertz CT molecular complexity index is 852. The van der Waals surface area contributed by atoms with Crippen LogP contribution in [0.15, 0.2) is 58.3 Å². The van der Waals surface area contributed by atoms with Crippen LogP contribution >= 0.6 is 23.5 Å². The van der Waals surface area contributed by atoms with E-state index in [0.29, 0.717) is 10.6 Å². The summed E-state index contributed by atoms with van der Waals surface area (Å²) < 4.78 is 0. The highest BCUT2D eigenvalue weighted by Crippen LogP contribution is 2.38. The van der Waals surface area contributed by atoms with Gasteiger partial charge in [-0.05, 0) is 24.5 Å². The van der Waals surface area contributed by atoms with Crippen LogP contribution < -0.4 is 10.0 Å². The van der Waals surface area contributed by atoms with Crippen molar-refractivity contribution in [1.29, 1.82) is 0 Å². The second-order valence-corrected chi connectivity index (χ2v) is 7.43. The lowest BCUT2D eigenvalue weighted by Gasteiger charge is -2.18. The molecule has 1 saturated heterocycles. The summed E-state index contributed by atoms with van der Waals surface area (Å²) in [4.78, 5) is 38.9. The maximum atomic E-state index is 12.8. The Labute approximate surface area is 153 Å². The van der Waals surface area contributed by atoms with Gasteiger partial charge in [0.1, 0.15) is 0 Å². The molecule has 3 rings (SSSR count). The summed E-state index contributed by atoms with van der Waals surface area (Å²) in [6.45, 7) is 0. The number of aromatic carboxylic acids is 1. The Morgan fingerprint density at radius 1 is 1.08 bits per heavy atom. The molecule has 0 saturated carbocycles. The summed E-state index contributed by atoms with van der Waals surface area (Å²) in [6.07, 6.45) is 1.92. The van der Waals surface area contributed by atoms with Crippen molar-refractivity contribution >= 4 is 47.0 Å². The Morgan fingerprint density at radius 3 is 2.40 bits per heavy atom. The van der Waals surface area contributed by atoms with Crippen LogP contribution in [0.2, 0.25) is 0 Å². The quantitative estimate of drug-likeness (QED) is 0.591. The molecule has 0 aliphatic carbocycles. The van der Waals surface area contributed by atoms with Crippen molar-refractivity contribution in [3.05, 3.63) is 54.1 Å². The minimum atomic E-state index is -1.30. The summed E-state index contributed by atoms with van der Waals surface area (Å²) in [5.41, 5.74) is 0.594. The van der Waals surface area contributed by atoms with Gasteiger partial charge in [-0.25, -0.2) is 4.90 Å². The van der Waals surface area contributed by atoms with Crippen LogP contribution in [0.1, 0.15) is 16.8 Å². The maximum Gasteiger partial charge on any atom is 0.247 e. The van der Waals surface area contributed by atoms with Gasteiger partial charge in [-0.2, -0.15) is 0 Å². The highest BCUT2D eigenvalue weighted by Gasteiger charge is 2.41. The third kappa shape index (κ3) is 3.43. The monoisotopic (exact) mass is 372 g/mol. The predicted octanol–water partition coefficient (Wildman–Crippen LogP) is 2.20. The van der Waals surface area contributed by atoms with E-state index in [1.54, 1.807) is 30.3 Å². The van der Waals surface area contributed by atoms with Gasteiger partial charge < -0.3 is 9.90 Å². The molecule has 0 bridgehead atoms. The summed E-state index contributed by atoms with van der Waals surface area (Å²) >= 11 is 2.55. The second kappa shape index (κ2) is 7.33. The van der Waals surface area contributed by atoms with Crippen LogP contribution in [-0.2, 0) is 9.59 Å². The molecule has 1 heterocycles. The number of hydrogen-bond acceptors (Lipinski definition) is 6. The molecule has 1 aliphatic heterocycles. The van der Waals surface area contributed by atoms with Gasteiger partial charge in [0, 0.05) is 21.8 Å². The highest BCUT2D eigenvalue weighted by molar-refractivity contribution is 8.00. The molecule has 2 amide bonds. The van der Waals surface area contributed by atoms with Crippen molar-refractivity contribution < 1.29 is 19.5 Å². The van der Waals surface area contributed by atoms with Crippen molar-refractivity contribution in [2.75, 3.05) is 11.2 Å². The number of anilines is 1. The zero-order valence-corrected chi connectivity index (χ0v) is 14.9. The molecule has 0 radical (unpaired) electrons. The van der Waals surface area contributed by atoms with Gasteiger partial charge in [-0.3, -0.25) is 9.59 Å². The smallest absolute Gasteiger partial charge is 0.247 e. The van der Waals surface area contributed by atoms with Gasteiger partial charge in [0.2, 0.25) is 11.8 Å². The molecule has 25 heavy (non-hydrogen) atoms. The molecule has 1 fully saturated rings. The number of amides is 2. The van der Waals surface area contributed by atoms with E-state index in [-0.39, 0.29) is 23.8 Å². The average molecular weight is 372 g/mol. The van der Waals surface area contributed by atoms with Gasteiger partial charge in [0.15, 0.2) is 0 Å². The van der Waals surface area contributed by atoms with E-state index in [2.05, 4.69) is 0 Å². The number of benzene rings is 2. The second-order valence-electron chi connectivity index (χ2n) is 5.33. The van der Waals surface area contributed by atoms with Crippen LogP contribution in [0.3, 0.4) is 0 Å². The molecule has 0 spiro atoms. The predicted molar refractivity (Wildman–Crippen MR) is 95.8 cm³/mol. The minimum Gasteiger partial charge on any atom is -0.545 e. The molecule has 0 aromatic heterocycles. The largest absolute Gasteiger partial charge is 0.545 e. The normalized spacial score (nSPS) is 17.2. The van der Waals surface area contributed by atoms with Crippen molar-refractivity contribution in [3.63, 3.8) is 0 Å². The third-order valence-electron chi connectivity index (χ3n) is 3.81. The van der Waals surface area contributed by atoms with Crippen molar-refractivity contribution in [2.45, 2.75) is 21.5 Å². The van der Waals surface area contributed by atoms with Crippen LogP contribution in [-0.4, -0.2) is 29.3 Å². The van der Waals surface area contributed by atoms with E-state index in [9.17, 15) is 19.5 Å². The first-order valence-electron chi connectivity index (χ1n) is 7.49. The number of carbonyl (C=O) groups is 3. The number of rotatable bonds is 5. The Balaban J connectivity index is 1.89. The molecule has 0 unspecified atom stereocenters. The van der Waals surface area contributed by atoms with E-state index in [1.165, 1.54) is 22.7 Å². The molecule has 5 nitrogen and oxygen atoms in total. The lowest BCUT2D eigenvalue weighted by molar-refractivity contribution is -0.255. The first kappa shape index (κ1) is 17.6. The molecule has 2 aromatic carbocycles. The fraction of sp³-hybridized carbons (Fsp3) is 0.167. The third-order valence-corrected chi connectivity index (χ3v) is 5.86. The summed E-state index contributed by atoms with van der Waals surface area (Å²) in [5, 5.41) is 10.6. The van der Waals surface area contributed by atoms with Gasteiger partial charge in [0.05, 0.1) is 16.9 Å². The number of nitrogens with zero attached hydrogens (tertiary/aromatic N) is 1. The number of carbonyl (C=O) groups excluding carboxylic acids is 3. The number of para-hydroxylation sites is 1. The van der Waals surface area contributed by atoms with Gasteiger partial charge in [-0.15, -0.1) is 23.5 Å². The zero-order valence-electron chi connectivity index (χ0n) is 13.3. The van der Waals surface area contributed by atoms with E-state index in [1.807, 2.05) is 18.4 Å². The van der Waals surface area contributed by atoms with Gasteiger partial charge in [-0.1, -0.05) is 30.3 Å². The molecular weight excluding hydrogens is 358 g/mol. The average Bonchev–Trinajstić information content (AvgIpc) is 2.88. The first-order valence-corrected chi connectivity index (χ1v) is 9.60. The maximum absolute atomic E-state index is 12.8. The molecule has 2 aromatic rings. The number of imide groups is 1. The van der Waals surface area contributed by atoms with Crippen LogP contribution in [0.5, 0.6) is 0 Å². The van der Waals surface area contributed by atoms with Crippen molar-refractivity contribution in [1.82, 2.24) is 0 Å². The van der Waals surface area contributed by atoms with Crippen molar-refractivity contribution in [2.24, 2.45) is 0 Å². The van der Waals surface area contributed by atoms with Crippen LogP contribution in [0.25, 0.3) is 0 Å². The fourth-order valence-electron chi connectivity index (χ4n) is 2.66. The van der Waals surface area contributed by atoms with Crippen LogP contribution in [0, 0.1) is 0 Å². The van der Waals surface area contributed by atoms with Gasteiger partial charge >= 0.3 is 0 Å². The Morgan fingerprint density at radius 2 is 1.72 bits per heavy atom. The fourth-order valence-corrected chi connectivity index (χ4v) is 4.41. The SMILES string of the molecule is CSc1ccccc1N1C(=O)C[C@H](Sc2ccccc2C(=O)[O-])C1=O. The molecule has 7 heteroatoms. The first-order chi connectivity index (χ1) is 12.0. The minimum absolute atomic E-state index is 0.0238. The lowest BCUT2D eigenvalue weighted by Crippen LogP contribution is -2.31. The van der Waals surface area contributed by atoms with E-state index >= 15 is 0 Å². The Kier molecular flexibility index (Phi) is 5.15. The standard InChI is InChI=1S/C18H15NO4S2/c1-24-14-9-5-3-7-12(14)19-16(20)10-15(17(19)21)25-13-8-4-2-6-11(13)18(22)23/h2-9,15H,10H2,1H3,(H,22,23)/p-1/t15-/m0/s1. The molecule has 1 atom stereocenters. The Hall–Kier alpha value is -2.25. The van der Waals surface area contributed by atoms with E-state index in [4.69, 9.17) is 0 Å². The van der Waals surface area contributed by atoms with Crippen molar-refractivity contribution in [3.8, 4) is 0 Å². The van der Waals surface area contributed by atoms with E-state index < -0.39 is 11.2 Å². The summed E-state index contributed by atoms with van der Waals surface area (Å²) in [5.74, 6) is -1.91. The number of hydrogen-bond donors (Lipinski definition) is 0. The van der Waals surface area contributed by atoms with E-state index in [0.717, 1.165) is 16.7 Å². The number of carboxylic acids is 1. The topological polar surface area (TPSA) is 77.5 Å². The lowest BCUT2D eigenvalue weighted by atomic mass is 10.2. The summed E-state index contributed by atoms with van der Waals surface area (Å²) in [6, 6.07) is 13.6. The zero-order chi connectivity index (χ0) is 18.0. The van der Waals surface area contributed by atoms with Gasteiger partial charge in [0.25, 0.3) is 0 Å².